The first-order chi connectivity index (χ1) is 5.61. The van der Waals surface area contributed by atoms with E-state index in [1.807, 2.05) is 0 Å². The van der Waals surface area contributed by atoms with Gasteiger partial charge in [0.25, 0.3) is 0 Å². The summed E-state index contributed by atoms with van der Waals surface area (Å²) in [5.74, 6) is -2.81. The molecule has 0 aliphatic rings. The van der Waals surface area contributed by atoms with E-state index in [9.17, 15) is 19.8 Å². The Hall–Kier alpha value is -0.684. The van der Waals surface area contributed by atoms with Crippen LogP contribution in [-0.2, 0) is 0 Å². The summed E-state index contributed by atoms with van der Waals surface area (Å²) in [7, 11) is 0. The summed E-state index contributed by atoms with van der Waals surface area (Å²) in [6.07, 6.45) is 0. The molecule has 0 aliphatic carbocycles. The first-order valence-corrected chi connectivity index (χ1v) is 3.14. The largest absolute Gasteiger partial charge is 2.00 e. The monoisotopic (exact) mass is 240 g/mol. The average molecular weight is 240 g/mol. The Labute approximate surface area is 106 Å². The molecule has 0 aromatic heterocycles. The molecule has 1 rings (SSSR count). The summed E-state index contributed by atoms with van der Waals surface area (Å²) in [6, 6.07) is 4.81. The molecular formula is C8H9MgO5P. The summed E-state index contributed by atoms with van der Waals surface area (Å²) in [5.41, 5.74) is -0.339. The number of carboxylic acids is 2. The van der Waals surface area contributed by atoms with Crippen LogP contribution < -0.4 is 10.2 Å². The summed E-state index contributed by atoms with van der Waals surface area (Å²) < 4.78 is 0. The van der Waals surface area contributed by atoms with Crippen molar-refractivity contribution in [2.75, 3.05) is 0 Å². The zero-order valence-electron chi connectivity index (χ0n) is 7.86. The second-order valence-corrected chi connectivity index (χ2v) is 2.16. The van der Waals surface area contributed by atoms with Crippen molar-refractivity contribution < 1.29 is 25.3 Å². The van der Waals surface area contributed by atoms with Crippen molar-refractivity contribution in [2.45, 2.75) is 0 Å². The first-order valence-electron chi connectivity index (χ1n) is 3.14. The number of carbonyl (C=O) groups is 2. The summed E-state index contributed by atoms with van der Waals surface area (Å²) in [5, 5.41) is 20.5. The van der Waals surface area contributed by atoms with Crippen molar-refractivity contribution >= 4 is 44.9 Å². The minimum absolute atomic E-state index is 0. The zero-order valence-corrected chi connectivity index (χ0v) is 10.7. The van der Waals surface area contributed by atoms with Gasteiger partial charge in [-0.25, -0.2) is 0 Å². The van der Waals surface area contributed by atoms with Crippen molar-refractivity contribution in [3.63, 3.8) is 0 Å². The van der Waals surface area contributed by atoms with Gasteiger partial charge >= 0.3 is 23.1 Å². The Morgan fingerprint density at radius 1 is 1.00 bits per heavy atom. The molecule has 5 nitrogen and oxygen atoms in total. The Morgan fingerprint density at radius 3 is 1.60 bits per heavy atom. The Kier molecular flexibility index (Phi) is 11.4. The minimum Gasteiger partial charge on any atom is -0.545 e. The fourth-order valence-corrected chi connectivity index (χ4v) is 0.773. The SMILES string of the molecule is O.O=C([O-])c1cccc(C(=O)[O-])c1.P.[Mg+2]. The first kappa shape index (κ1) is 19.8. The molecular weight excluding hydrogens is 231 g/mol. The predicted molar refractivity (Wildman–Crippen MR) is 55.6 cm³/mol. The maximum absolute atomic E-state index is 10.3. The number of carbonyl (C=O) groups excluding carboxylic acids is 2. The maximum atomic E-state index is 10.3. The Balaban J connectivity index is -0.000000480. The van der Waals surface area contributed by atoms with Gasteiger partial charge in [0.1, 0.15) is 0 Å². The number of rotatable bonds is 2. The second-order valence-electron chi connectivity index (χ2n) is 2.16. The smallest absolute Gasteiger partial charge is 0.545 e. The van der Waals surface area contributed by atoms with Gasteiger partial charge in [-0.3, -0.25) is 0 Å². The van der Waals surface area contributed by atoms with Gasteiger partial charge in [-0.1, -0.05) is 18.2 Å². The van der Waals surface area contributed by atoms with Crippen LogP contribution in [0.15, 0.2) is 24.3 Å². The van der Waals surface area contributed by atoms with Crippen molar-refractivity contribution in [3.05, 3.63) is 35.4 Å². The zero-order chi connectivity index (χ0) is 9.14. The predicted octanol–water partition coefficient (Wildman–Crippen LogP) is -2.73. The van der Waals surface area contributed by atoms with E-state index in [0.717, 1.165) is 6.07 Å². The topological polar surface area (TPSA) is 112 Å². The van der Waals surface area contributed by atoms with Gasteiger partial charge in [-0.05, 0) is 17.2 Å². The molecule has 0 aliphatic heterocycles. The average Bonchev–Trinajstić information content (AvgIpc) is 2.04. The number of hydrogen-bond donors (Lipinski definition) is 0. The van der Waals surface area contributed by atoms with Crippen LogP contribution in [0, 0.1) is 0 Å². The third-order valence-corrected chi connectivity index (χ3v) is 1.33. The molecule has 0 saturated carbocycles. The third kappa shape index (κ3) is 5.69. The Morgan fingerprint density at radius 2 is 1.33 bits per heavy atom. The molecule has 2 N–H and O–H groups in total. The summed E-state index contributed by atoms with van der Waals surface area (Å²) in [6.45, 7) is 0. The van der Waals surface area contributed by atoms with E-state index in [1.54, 1.807) is 0 Å². The van der Waals surface area contributed by atoms with Gasteiger partial charge in [0, 0.05) is 0 Å². The van der Waals surface area contributed by atoms with E-state index < -0.39 is 11.9 Å². The molecule has 0 bridgehead atoms. The molecule has 0 heterocycles. The van der Waals surface area contributed by atoms with E-state index in [-0.39, 0.29) is 49.6 Å². The van der Waals surface area contributed by atoms with Crippen LogP contribution in [-0.4, -0.2) is 40.5 Å². The standard InChI is InChI=1S/C8H6O4.Mg.H2O.H3P/c9-7(10)5-2-1-3-6(4-5)8(11)12;;;/h1-4H,(H,9,10)(H,11,12);;1H2;1H3/q;+2;;/p-2. The van der Waals surface area contributed by atoms with E-state index in [2.05, 4.69) is 0 Å². The molecule has 1 atom stereocenters. The Bertz CT molecular complexity index is 312. The third-order valence-electron chi connectivity index (χ3n) is 1.33. The molecule has 1 aromatic rings. The number of benzene rings is 1. The van der Waals surface area contributed by atoms with Crippen molar-refractivity contribution in [1.82, 2.24) is 0 Å². The van der Waals surface area contributed by atoms with Crippen molar-refractivity contribution in [2.24, 2.45) is 0 Å². The van der Waals surface area contributed by atoms with Crippen molar-refractivity contribution in [1.29, 1.82) is 0 Å². The van der Waals surface area contributed by atoms with Gasteiger partial charge in [-0.2, -0.15) is 9.90 Å². The second kappa shape index (κ2) is 8.61. The molecule has 15 heavy (non-hydrogen) atoms. The fraction of sp³-hybridized carbons (Fsp3) is 0. The van der Waals surface area contributed by atoms with Gasteiger partial charge < -0.3 is 25.3 Å². The van der Waals surface area contributed by atoms with Gasteiger partial charge in [-0.15, -0.1) is 0 Å². The van der Waals surface area contributed by atoms with Crippen LogP contribution in [0.2, 0.25) is 0 Å². The van der Waals surface area contributed by atoms with Crippen LogP contribution in [0.3, 0.4) is 0 Å². The van der Waals surface area contributed by atoms with E-state index in [0.29, 0.717) is 0 Å². The van der Waals surface area contributed by atoms with Gasteiger partial charge in [0.15, 0.2) is 0 Å². The van der Waals surface area contributed by atoms with Crippen LogP contribution in [0.25, 0.3) is 0 Å². The molecule has 1 unspecified atom stereocenters. The van der Waals surface area contributed by atoms with Crippen LogP contribution in [0.4, 0.5) is 0 Å². The molecule has 7 heteroatoms. The summed E-state index contributed by atoms with van der Waals surface area (Å²) in [4.78, 5) is 20.5. The van der Waals surface area contributed by atoms with Crippen LogP contribution >= 0.6 is 9.90 Å². The molecule has 0 fully saturated rings. The van der Waals surface area contributed by atoms with Crippen LogP contribution in [0.1, 0.15) is 20.7 Å². The molecule has 1 aromatic carbocycles. The van der Waals surface area contributed by atoms with Gasteiger partial charge in [0.05, 0.1) is 11.9 Å². The quantitative estimate of drug-likeness (QED) is 0.412. The number of aromatic carboxylic acids is 2. The normalized spacial score (nSPS) is 7.47. The molecule has 78 valence electrons. The van der Waals surface area contributed by atoms with Crippen LogP contribution in [0.5, 0.6) is 0 Å². The van der Waals surface area contributed by atoms with Crippen molar-refractivity contribution in [3.8, 4) is 0 Å². The number of hydrogen-bond acceptors (Lipinski definition) is 4. The molecule has 0 radical (unpaired) electrons. The molecule has 0 spiro atoms. The summed E-state index contributed by atoms with van der Waals surface area (Å²) >= 11 is 0. The number of carboxylic acid groups (broad SMARTS) is 2. The van der Waals surface area contributed by atoms with E-state index >= 15 is 0 Å². The maximum Gasteiger partial charge on any atom is 2.00 e. The van der Waals surface area contributed by atoms with E-state index in [1.165, 1.54) is 18.2 Å². The minimum atomic E-state index is -1.40. The van der Waals surface area contributed by atoms with Gasteiger partial charge in [0.2, 0.25) is 0 Å². The molecule has 0 amide bonds. The van der Waals surface area contributed by atoms with E-state index in [4.69, 9.17) is 0 Å². The fourth-order valence-electron chi connectivity index (χ4n) is 0.773. The molecule has 0 saturated heterocycles.